The van der Waals surface area contributed by atoms with E-state index in [1.807, 2.05) is 31.2 Å². The SMILES string of the molecule is Cc1ccc(N=C2NC(=O)/C(=C/c3ccc(OCC(=O)O)cc3)S2)cc1. The van der Waals surface area contributed by atoms with E-state index >= 15 is 0 Å². The molecule has 2 aromatic carbocycles. The first-order valence-electron chi connectivity index (χ1n) is 7.80. The lowest BCUT2D eigenvalue weighted by atomic mass is 10.2. The van der Waals surface area contributed by atoms with Crippen molar-refractivity contribution in [1.29, 1.82) is 0 Å². The number of hydrogen-bond acceptors (Lipinski definition) is 5. The first-order valence-corrected chi connectivity index (χ1v) is 8.62. The Morgan fingerprint density at radius 3 is 2.54 bits per heavy atom. The van der Waals surface area contributed by atoms with E-state index < -0.39 is 12.6 Å². The number of amides is 1. The third-order valence-corrected chi connectivity index (χ3v) is 4.37. The number of nitrogens with one attached hydrogen (secondary N) is 1. The van der Waals surface area contributed by atoms with Crippen molar-refractivity contribution in [2.45, 2.75) is 6.92 Å². The summed E-state index contributed by atoms with van der Waals surface area (Å²) in [6.07, 6.45) is 1.75. The van der Waals surface area contributed by atoms with E-state index in [0.29, 0.717) is 15.8 Å². The number of nitrogens with zero attached hydrogens (tertiary/aromatic N) is 1. The van der Waals surface area contributed by atoms with Crippen LogP contribution in [-0.2, 0) is 9.59 Å². The largest absolute Gasteiger partial charge is 0.482 e. The predicted molar refractivity (Wildman–Crippen MR) is 102 cm³/mol. The topological polar surface area (TPSA) is 88.0 Å². The van der Waals surface area contributed by atoms with Gasteiger partial charge in [0.05, 0.1) is 10.6 Å². The summed E-state index contributed by atoms with van der Waals surface area (Å²) in [6.45, 7) is 1.61. The maximum absolute atomic E-state index is 12.1. The van der Waals surface area contributed by atoms with Crippen LogP contribution in [0, 0.1) is 6.92 Å². The minimum Gasteiger partial charge on any atom is -0.482 e. The lowest BCUT2D eigenvalue weighted by Gasteiger charge is -2.03. The Morgan fingerprint density at radius 1 is 1.19 bits per heavy atom. The summed E-state index contributed by atoms with van der Waals surface area (Å²) in [6, 6.07) is 14.6. The van der Waals surface area contributed by atoms with Gasteiger partial charge in [-0.3, -0.25) is 4.79 Å². The van der Waals surface area contributed by atoms with Gasteiger partial charge in [0, 0.05) is 0 Å². The first kappa shape index (κ1) is 17.8. The van der Waals surface area contributed by atoms with E-state index in [0.717, 1.165) is 16.8 Å². The van der Waals surface area contributed by atoms with E-state index in [1.54, 1.807) is 30.3 Å². The highest BCUT2D eigenvalue weighted by atomic mass is 32.2. The number of hydrogen-bond donors (Lipinski definition) is 2. The molecule has 1 aliphatic heterocycles. The molecule has 1 fully saturated rings. The van der Waals surface area contributed by atoms with E-state index in [1.165, 1.54) is 11.8 Å². The van der Waals surface area contributed by atoms with Gasteiger partial charge in [-0.05, 0) is 54.6 Å². The van der Waals surface area contributed by atoms with Gasteiger partial charge < -0.3 is 15.2 Å². The summed E-state index contributed by atoms with van der Waals surface area (Å²) in [7, 11) is 0. The van der Waals surface area contributed by atoms with Crippen LogP contribution in [0.1, 0.15) is 11.1 Å². The molecule has 1 amide bonds. The zero-order valence-corrected chi connectivity index (χ0v) is 14.7. The molecule has 0 spiro atoms. The van der Waals surface area contributed by atoms with Crippen molar-refractivity contribution in [2.75, 3.05) is 6.61 Å². The molecule has 0 aliphatic carbocycles. The standard InChI is InChI=1S/C19H16N2O4S/c1-12-2-6-14(7-3-12)20-19-21-18(24)16(26-19)10-13-4-8-15(9-5-13)25-11-17(22)23/h2-10H,11H2,1H3,(H,22,23)(H,20,21,24)/b16-10-. The van der Waals surface area contributed by atoms with Gasteiger partial charge in [-0.15, -0.1) is 0 Å². The normalized spacial score (nSPS) is 16.7. The molecule has 0 unspecified atom stereocenters. The van der Waals surface area contributed by atoms with Gasteiger partial charge in [0.25, 0.3) is 5.91 Å². The zero-order chi connectivity index (χ0) is 18.5. The van der Waals surface area contributed by atoms with Crippen LogP contribution in [0.3, 0.4) is 0 Å². The van der Waals surface area contributed by atoms with E-state index in [9.17, 15) is 9.59 Å². The van der Waals surface area contributed by atoms with E-state index in [2.05, 4.69) is 10.3 Å². The monoisotopic (exact) mass is 368 g/mol. The summed E-state index contributed by atoms with van der Waals surface area (Å²) in [5, 5.41) is 11.9. The quantitative estimate of drug-likeness (QED) is 0.790. The Labute approximate surface area is 154 Å². The fourth-order valence-corrected chi connectivity index (χ4v) is 3.02. The van der Waals surface area contributed by atoms with Crippen LogP contribution in [0.2, 0.25) is 0 Å². The molecule has 2 aromatic rings. The third kappa shape index (κ3) is 4.73. The molecule has 26 heavy (non-hydrogen) atoms. The minimum atomic E-state index is -1.03. The number of thioether (sulfide) groups is 1. The van der Waals surface area contributed by atoms with Gasteiger partial charge in [0.15, 0.2) is 11.8 Å². The van der Waals surface area contributed by atoms with Crippen LogP contribution >= 0.6 is 11.8 Å². The van der Waals surface area contributed by atoms with Crippen LogP contribution < -0.4 is 10.1 Å². The molecule has 0 radical (unpaired) electrons. The highest BCUT2D eigenvalue weighted by Crippen LogP contribution is 2.28. The summed E-state index contributed by atoms with van der Waals surface area (Å²) in [4.78, 5) is 27.6. The van der Waals surface area contributed by atoms with Crippen LogP contribution in [0.25, 0.3) is 6.08 Å². The number of aryl methyl sites for hydroxylation is 1. The molecule has 0 saturated carbocycles. The molecule has 6 nitrogen and oxygen atoms in total. The number of ether oxygens (including phenoxy) is 1. The van der Waals surface area contributed by atoms with Crippen molar-refractivity contribution in [3.05, 3.63) is 64.6 Å². The highest BCUT2D eigenvalue weighted by molar-refractivity contribution is 8.18. The second-order valence-corrected chi connectivity index (χ2v) is 6.60. The van der Waals surface area contributed by atoms with Gasteiger partial charge in [0.2, 0.25) is 0 Å². The molecular weight excluding hydrogens is 352 g/mol. The molecule has 0 bridgehead atoms. The minimum absolute atomic E-state index is 0.202. The average molecular weight is 368 g/mol. The van der Waals surface area contributed by atoms with Crippen molar-refractivity contribution in [3.8, 4) is 5.75 Å². The summed E-state index contributed by atoms with van der Waals surface area (Å²) >= 11 is 1.27. The average Bonchev–Trinajstić information content (AvgIpc) is 2.95. The molecule has 1 aliphatic rings. The fraction of sp³-hybridized carbons (Fsp3) is 0.105. The molecule has 2 N–H and O–H groups in total. The van der Waals surface area contributed by atoms with Crippen molar-refractivity contribution in [2.24, 2.45) is 4.99 Å². The van der Waals surface area contributed by atoms with Crippen LogP contribution in [-0.4, -0.2) is 28.8 Å². The molecule has 132 valence electrons. The number of aliphatic imine (C=N–C) groups is 1. The van der Waals surface area contributed by atoms with Gasteiger partial charge in [0.1, 0.15) is 5.75 Å². The number of carbonyl (C=O) groups excluding carboxylic acids is 1. The van der Waals surface area contributed by atoms with Crippen molar-refractivity contribution in [3.63, 3.8) is 0 Å². The van der Waals surface area contributed by atoms with Crippen molar-refractivity contribution >= 4 is 40.6 Å². The fourth-order valence-electron chi connectivity index (χ4n) is 2.17. The summed E-state index contributed by atoms with van der Waals surface area (Å²) in [5.74, 6) is -0.776. The lowest BCUT2D eigenvalue weighted by Crippen LogP contribution is -2.19. The zero-order valence-electron chi connectivity index (χ0n) is 13.9. The van der Waals surface area contributed by atoms with Crippen molar-refractivity contribution in [1.82, 2.24) is 5.32 Å². The number of benzene rings is 2. The second-order valence-electron chi connectivity index (χ2n) is 5.57. The molecule has 1 heterocycles. The Morgan fingerprint density at radius 2 is 1.88 bits per heavy atom. The summed E-state index contributed by atoms with van der Waals surface area (Å²) < 4.78 is 5.08. The maximum atomic E-state index is 12.1. The number of carboxylic acids is 1. The van der Waals surface area contributed by atoms with E-state index in [4.69, 9.17) is 9.84 Å². The molecular formula is C19H16N2O4S. The predicted octanol–water partition coefficient (Wildman–Crippen LogP) is 3.35. The number of carbonyl (C=O) groups is 2. The van der Waals surface area contributed by atoms with Gasteiger partial charge >= 0.3 is 5.97 Å². The smallest absolute Gasteiger partial charge is 0.341 e. The second kappa shape index (κ2) is 7.88. The molecule has 0 aromatic heterocycles. The third-order valence-electron chi connectivity index (χ3n) is 3.46. The Balaban J connectivity index is 1.70. The van der Waals surface area contributed by atoms with Gasteiger partial charge in [-0.2, -0.15) is 0 Å². The Kier molecular flexibility index (Phi) is 5.38. The number of rotatable bonds is 5. The Bertz CT molecular complexity index is 887. The maximum Gasteiger partial charge on any atom is 0.341 e. The number of aliphatic carboxylic acids is 1. The van der Waals surface area contributed by atoms with E-state index in [-0.39, 0.29) is 5.91 Å². The molecule has 3 rings (SSSR count). The molecule has 1 saturated heterocycles. The number of carboxylic acid groups (broad SMARTS) is 1. The molecule has 7 heteroatoms. The Hall–Kier alpha value is -3.06. The number of amidine groups is 1. The summed E-state index contributed by atoms with van der Waals surface area (Å²) in [5.41, 5.74) is 2.73. The van der Waals surface area contributed by atoms with Crippen LogP contribution in [0.5, 0.6) is 5.75 Å². The van der Waals surface area contributed by atoms with Gasteiger partial charge in [-0.1, -0.05) is 29.8 Å². The molecule has 0 atom stereocenters. The first-order chi connectivity index (χ1) is 12.5. The van der Waals surface area contributed by atoms with Crippen LogP contribution in [0.4, 0.5) is 5.69 Å². The van der Waals surface area contributed by atoms with Crippen LogP contribution in [0.15, 0.2) is 58.4 Å². The van der Waals surface area contributed by atoms with Gasteiger partial charge in [-0.25, -0.2) is 9.79 Å². The highest BCUT2D eigenvalue weighted by Gasteiger charge is 2.23. The van der Waals surface area contributed by atoms with Crippen molar-refractivity contribution < 1.29 is 19.4 Å². The lowest BCUT2D eigenvalue weighted by molar-refractivity contribution is -0.139.